The molecule has 1 aliphatic carbocycles. The molecule has 2 aliphatic heterocycles. The normalized spacial score (nSPS) is 36.3. The van der Waals surface area contributed by atoms with E-state index in [1.165, 1.54) is 19.3 Å². The van der Waals surface area contributed by atoms with Crippen LogP contribution >= 0.6 is 0 Å². The molecule has 2 N–H and O–H groups in total. The third kappa shape index (κ3) is 2.29. The fraction of sp³-hybridized carbons (Fsp3) is 0.933. The molecule has 0 aromatic heterocycles. The van der Waals surface area contributed by atoms with E-state index in [1.807, 2.05) is 7.05 Å². The fourth-order valence-electron chi connectivity index (χ4n) is 4.35. The second kappa shape index (κ2) is 5.41. The number of hydrogen-bond donors (Lipinski definition) is 2. The van der Waals surface area contributed by atoms with Gasteiger partial charge in [-0.15, -0.1) is 0 Å². The Morgan fingerprint density at radius 3 is 2.79 bits per heavy atom. The summed E-state index contributed by atoms with van der Waals surface area (Å²) in [5.41, 5.74) is -0.0509. The first-order chi connectivity index (χ1) is 9.26. The molecule has 3 rings (SSSR count). The van der Waals surface area contributed by atoms with Crippen LogP contribution in [0.2, 0.25) is 0 Å². The smallest absolute Gasteiger partial charge is 0.230 e. The van der Waals surface area contributed by atoms with Crippen molar-refractivity contribution < 1.29 is 4.79 Å². The second-order valence-electron chi connectivity index (χ2n) is 6.58. The van der Waals surface area contributed by atoms with Gasteiger partial charge in [0.05, 0.1) is 5.41 Å². The maximum atomic E-state index is 13.0. The summed E-state index contributed by atoms with van der Waals surface area (Å²) in [6, 6.07) is 0.602. The van der Waals surface area contributed by atoms with Crippen molar-refractivity contribution in [2.45, 2.75) is 44.6 Å². The van der Waals surface area contributed by atoms with Crippen molar-refractivity contribution in [3.05, 3.63) is 0 Å². The Kier molecular flexibility index (Phi) is 3.81. The van der Waals surface area contributed by atoms with Gasteiger partial charge in [0, 0.05) is 25.7 Å². The van der Waals surface area contributed by atoms with Crippen molar-refractivity contribution >= 4 is 5.91 Å². The maximum Gasteiger partial charge on any atom is 0.230 e. The first-order valence-electron chi connectivity index (χ1n) is 7.93. The quantitative estimate of drug-likeness (QED) is 0.782. The van der Waals surface area contributed by atoms with E-state index >= 15 is 0 Å². The highest BCUT2D eigenvalue weighted by molar-refractivity contribution is 5.84. The zero-order valence-corrected chi connectivity index (χ0v) is 12.1. The number of nitrogens with zero attached hydrogens (tertiary/aromatic N) is 1. The van der Waals surface area contributed by atoms with Gasteiger partial charge in [0.15, 0.2) is 0 Å². The van der Waals surface area contributed by atoms with Gasteiger partial charge in [-0.3, -0.25) is 4.79 Å². The number of hydrogen-bond acceptors (Lipinski definition) is 3. The largest absolute Gasteiger partial charge is 0.342 e. The van der Waals surface area contributed by atoms with Crippen LogP contribution in [0.5, 0.6) is 0 Å². The number of likely N-dealkylation sites (tertiary alicyclic amines) is 1. The van der Waals surface area contributed by atoms with E-state index in [0.29, 0.717) is 17.9 Å². The van der Waals surface area contributed by atoms with Crippen LogP contribution in [0.1, 0.15) is 38.5 Å². The minimum absolute atomic E-state index is 0.0509. The highest BCUT2D eigenvalue weighted by Gasteiger charge is 2.51. The third-order valence-electron chi connectivity index (χ3n) is 5.65. The molecule has 2 atom stereocenters. The van der Waals surface area contributed by atoms with Crippen LogP contribution in [0.25, 0.3) is 0 Å². The highest BCUT2D eigenvalue weighted by Crippen LogP contribution is 2.45. The summed E-state index contributed by atoms with van der Waals surface area (Å²) >= 11 is 0. The van der Waals surface area contributed by atoms with Gasteiger partial charge in [0.2, 0.25) is 5.91 Å². The number of piperidine rings is 1. The Hall–Kier alpha value is -0.610. The van der Waals surface area contributed by atoms with Crippen molar-refractivity contribution in [1.82, 2.24) is 15.5 Å². The molecular weight excluding hydrogens is 238 g/mol. The van der Waals surface area contributed by atoms with E-state index in [4.69, 9.17) is 0 Å². The Labute approximate surface area is 116 Å². The van der Waals surface area contributed by atoms with Gasteiger partial charge >= 0.3 is 0 Å². The summed E-state index contributed by atoms with van der Waals surface area (Å²) in [6.45, 7) is 3.86. The summed E-state index contributed by atoms with van der Waals surface area (Å²) in [5, 5.41) is 6.82. The molecule has 1 amide bonds. The average Bonchev–Trinajstić information content (AvgIpc) is 2.91. The Bertz CT molecular complexity index is 338. The van der Waals surface area contributed by atoms with Crippen LogP contribution in [-0.4, -0.2) is 50.1 Å². The predicted molar refractivity (Wildman–Crippen MR) is 75.9 cm³/mol. The van der Waals surface area contributed by atoms with E-state index < -0.39 is 0 Å². The molecule has 0 radical (unpaired) electrons. The standard InChI is InChI=1S/C15H27N3O/c1-16-13-5-8-18(9-6-13)14(19)15-7-3-2-4-12(15)10-17-11-15/h12-13,16-17H,2-11H2,1H3/t12-,15+/m0/s1. The molecule has 3 aliphatic rings. The summed E-state index contributed by atoms with van der Waals surface area (Å²) in [4.78, 5) is 15.2. The molecule has 1 saturated carbocycles. The van der Waals surface area contributed by atoms with Gasteiger partial charge in [-0.1, -0.05) is 12.8 Å². The van der Waals surface area contributed by atoms with E-state index in [9.17, 15) is 4.79 Å². The van der Waals surface area contributed by atoms with Gasteiger partial charge in [-0.2, -0.15) is 0 Å². The number of amides is 1. The number of carbonyl (C=O) groups is 1. The van der Waals surface area contributed by atoms with E-state index in [2.05, 4.69) is 15.5 Å². The lowest BCUT2D eigenvalue weighted by Crippen LogP contribution is -2.53. The average molecular weight is 265 g/mol. The summed E-state index contributed by atoms with van der Waals surface area (Å²) < 4.78 is 0. The minimum Gasteiger partial charge on any atom is -0.342 e. The monoisotopic (exact) mass is 265 g/mol. The van der Waals surface area contributed by atoms with E-state index in [0.717, 1.165) is 45.4 Å². The summed E-state index contributed by atoms with van der Waals surface area (Å²) in [6.07, 6.45) is 7.11. The molecule has 3 fully saturated rings. The number of carbonyl (C=O) groups excluding carboxylic acids is 1. The van der Waals surface area contributed by atoms with Crippen molar-refractivity contribution in [2.75, 3.05) is 33.2 Å². The molecule has 0 bridgehead atoms. The molecule has 4 heteroatoms. The van der Waals surface area contributed by atoms with Crippen molar-refractivity contribution in [3.8, 4) is 0 Å². The van der Waals surface area contributed by atoms with Gasteiger partial charge in [0.25, 0.3) is 0 Å². The zero-order chi connectivity index (χ0) is 13.3. The second-order valence-corrected chi connectivity index (χ2v) is 6.58. The van der Waals surface area contributed by atoms with Gasteiger partial charge < -0.3 is 15.5 Å². The molecule has 0 aromatic rings. The van der Waals surface area contributed by atoms with Gasteiger partial charge in [-0.05, 0) is 45.2 Å². The first kappa shape index (κ1) is 13.4. The lowest BCUT2D eigenvalue weighted by molar-refractivity contribution is -0.146. The number of rotatable bonds is 2. The van der Waals surface area contributed by atoms with Crippen molar-refractivity contribution in [1.29, 1.82) is 0 Å². The fourth-order valence-corrected chi connectivity index (χ4v) is 4.35. The van der Waals surface area contributed by atoms with Crippen LogP contribution in [0, 0.1) is 11.3 Å². The molecule has 0 aromatic carbocycles. The molecule has 0 unspecified atom stereocenters. The first-order valence-corrected chi connectivity index (χ1v) is 7.93. The Balaban J connectivity index is 1.69. The third-order valence-corrected chi connectivity index (χ3v) is 5.65. The van der Waals surface area contributed by atoms with E-state index in [-0.39, 0.29) is 5.41 Å². The molecule has 2 saturated heterocycles. The lowest BCUT2D eigenvalue weighted by atomic mass is 9.67. The summed E-state index contributed by atoms with van der Waals surface area (Å²) in [5.74, 6) is 1.05. The van der Waals surface area contributed by atoms with Crippen LogP contribution in [0.3, 0.4) is 0 Å². The molecule has 4 nitrogen and oxygen atoms in total. The topological polar surface area (TPSA) is 44.4 Å². The van der Waals surface area contributed by atoms with Crippen LogP contribution < -0.4 is 10.6 Å². The van der Waals surface area contributed by atoms with Gasteiger partial charge in [0.1, 0.15) is 0 Å². The zero-order valence-electron chi connectivity index (χ0n) is 12.1. The molecule has 2 heterocycles. The Morgan fingerprint density at radius 1 is 1.26 bits per heavy atom. The molecule has 0 spiro atoms. The predicted octanol–water partition coefficient (Wildman–Crippen LogP) is 0.977. The minimum atomic E-state index is -0.0509. The van der Waals surface area contributed by atoms with Crippen molar-refractivity contribution in [2.24, 2.45) is 11.3 Å². The Morgan fingerprint density at radius 2 is 2.05 bits per heavy atom. The molecule has 108 valence electrons. The van der Waals surface area contributed by atoms with Crippen LogP contribution in [0.4, 0.5) is 0 Å². The van der Waals surface area contributed by atoms with Gasteiger partial charge in [-0.25, -0.2) is 0 Å². The summed E-state index contributed by atoms with van der Waals surface area (Å²) in [7, 11) is 2.03. The van der Waals surface area contributed by atoms with Crippen LogP contribution in [0.15, 0.2) is 0 Å². The molecular formula is C15H27N3O. The highest BCUT2D eigenvalue weighted by atomic mass is 16.2. The number of nitrogens with one attached hydrogen (secondary N) is 2. The van der Waals surface area contributed by atoms with E-state index in [1.54, 1.807) is 0 Å². The lowest BCUT2D eigenvalue weighted by Gasteiger charge is -2.43. The molecule has 19 heavy (non-hydrogen) atoms. The number of fused-ring (bicyclic) bond motifs is 1. The SMILES string of the molecule is CNC1CCN(C(=O)[C@@]23CCCC[C@H]2CNC3)CC1. The maximum absolute atomic E-state index is 13.0. The van der Waals surface area contributed by atoms with Crippen molar-refractivity contribution in [3.63, 3.8) is 0 Å². The van der Waals surface area contributed by atoms with Crippen LogP contribution in [-0.2, 0) is 4.79 Å².